The number of aliphatic hydroxyl groups is 1. The van der Waals surface area contributed by atoms with E-state index in [1.807, 2.05) is 24.3 Å². The van der Waals surface area contributed by atoms with Crippen LogP contribution in [-0.2, 0) is 0 Å². The molecule has 0 saturated carbocycles. The van der Waals surface area contributed by atoms with E-state index in [1.165, 1.54) is 0 Å². The Kier molecular flexibility index (Phi) is 7.69. The molecule has 0 aliphatic carbocycles. The average molecular weight is 303 g/mol. The first-order chi connectivity index (χ1) is 9.28. The van der Waals surface area contributed by atoms with Crippen molar-refractivity contribution in [2.75, 3.05) is 46.4 Å². The summed E-state index contributed by atoms with van der Waals surface area (Å²) in [5.41, 5.74) is 0. The summed E-state index contributed by atoms with van der Waals surface area (Å²) in [4.78, 5) is 2.25. The van der Waals surface area contributed by atoms with Crippen LogP contribution in [0, 0.1) is 0 Å². The van der Waals surface area contributed by atoms with Crippen molar-refractivity contribution in [1.29, 1.82) is 0 Å². The van der Waals surface area contributed by atoms with Crippen molar-refractivity contribution in [2.45, 2.75) is 6.10 Å². The number of nitrogens with zero attached hydrogens (tertiary/aromatic N) is 1. The van der Waals surface area contributed by atoms with Gasteiger partial charge in [0.2, 0.25) is 0 Å². The number of benzene rings is 1. The van der Waals surface area contributed by atoms with Crippen LogP contribution < -0.4 is 14.8 Å². The van der Waals surface area contributed by atoms with E-state index in [4.69, 9.17) is 9.47 Å². The molecule has 1 aromatic rings. The molecule has 1 heterocycles. The van der Waals surface area contributed by atoms with Gasteiger partial charge < -0.3 is 19.9 Å². The van der Waals surface area contributed by atoms with Crippen molar-refractivity contribution in [1.82, 2.24) is 10.2 Å². The lowest BCUT2D eigenvalue weighted by atomic mass is 10.3. The van der Waals surface area contributed by atoms with E-state index in [9.17, 15) is 5.11 Å². The van der Waals surface area contributed by atoms with Gasteiger partial charge in [0.15, 0.2) is 0 Å². The molecule has 0 amide bonds. The highest BCUT2D eigenvalue weighted by molar-refractivity contribution is 5.85. The summed E-state index contributed by atoms with van der Waals surface area (Å²) in [6.07, 6.45) is -0.458. The Labute approximate surface area is 126 Å². The van der Waals surface area contributed by atoms with Crippen molar-refractivity contribution in [3.63, 3.8) is 0 Å². The van der Waals surface area contributed by atoms with Crippen LogP contribution in [0.1, 0.15) is 0 Å². The third kappa shape index (κ3) is 5.54. The SMILES string of the molecule is COc1ccc(OCC(O)CN2CCNCC2)cc1.Cl. The number of nitrogens with one attached hydrogen (secondary N) is 1. The molecule has 1 unspecified atom stereocenters. The molecule has 1 atom stereocenters. The number of aliphatic hydroxyl groups excluding tert-OH is 1. The molecule has 20 heavy (non-hydrogen) atoms. The molecule has 5 nitrogen and oxygen atoms in total. The highest BCUT2D eigenvalue weighted by atomic mass is 35.5. The van der Waals surface area contributed by atoms with E-state index >= 15 is 0 Å². The van der Waals surface area contributed by atoms with Crippen LogP contribution in [0.4, 0.5) is 0 Å². The molecule has 1 aromatic carbocycles. The van der Waals surface area contributed by atoms with Gasteiger partial charge in [0.1, 0.15) is 24.2 Å². The van der Waals surface area contributed by atoms with Crippen LogP contribution in [-0.4, -0.2) is 62.6 Å². The van der Waals surface area contributed by atoms with Crippen LogP contribution in [0.2, 0.25) is 0 Å². The summed E-state index contributed by atoms with van der Waals surface area (Å²) in [6, 6.07) is 7.38. The summed E-state index contributed by atoms with van der Waals surface area (Å²) in [6.45, 7) is 4.94. The molecule has 1 fully saturated rings. The second kappa shape index (κ2) is 9.02. The zero-order chi connectivity index (χ0) is 13.5. The Hall–Kier alpha value is -1.01. The standard InChI is InChI=1S/C14H22N2O3.ClH/c1-18-13-2-4-14(5-3-13)19-11-12(17)10-16-8-6-15-7-9-16;/h2-5,12,15,17H,6-11H2,1H3;1H. The van der Waals surface area contributed by atoms with Gasteiger partial charge in [-0.2, -0.15) is 0 Å². The number of hydrogen-bond acceptors (Lipinski definition) is 5. The average Bonchev–Trinajstić information content (AvgIpc) is 2.47. The minimum absolute atomic E-state index is 0. The van der Waals surface area contributed by atoms with Gasteiger partial charge >= 0.3 is 0 Å². The molecule has 0 radical (unpaired) electrons. The summed E-state index contributed by atoms with van der Waals surface area (Å²) in [5, 5.41) is 13.2. The maximum atomic E-state index is 9.95. The molecule has 2 N–H and O–H groups in total. The number of piperazine rings is 1. The van der Waals surface area contributed by atoms with Gasteiger partial charge in [0.25, 0.3) is 0 Å². The Morgan fingerprint density at radius 2 is 1.80 bits per heavy atom. The highest BCUT2D eigenvalue weighted by Gasteiger charge is 2.14. The zero-order valence-corrected chi connectivity index (χ0v) is 12.6. The molecule has 0 bridgehead atoms. The number of methoxy groups -OCH3 is 1. The largest absolute Gasteiger partial charge is 0.497 e. The van der Waals surface area contributed by atoms with Gasteiger partial charge in [0, 0.05) is 32.7 Å². The molecule has 1 aliphatic heterocycles. The lowest BCUT2D eigenvalue weighted by Gasteiger charge is -2.29. The first-order valence-corrected chi connectivity index (χ1v) is 6.66. The van der Waals surface area contributed by atoms with Crippen LogP contribution in [0.25, 0.3) is 0 Å². The minimum atomic E-state index is -0.458. The topological polar surface area (TPSA) is 54.0 Å². The Bertz CT molecular complexity index is 369. The van der Waals surface area contributed by atoms with E-state index < -0.39 is 6.10 Å². The van der Waals surface area contributed by atoms with Gasteiger partial charge in [-0.05, 0) is 24.3 Å². The number of hydrogen-bond donors (Lipinski definition) is 2. The van der Waals surface area contributed by atoms with Crippen molar-refractivity contribution in [3.05, 3.63) is 24.3 Å². The van der Waals surface area contributed by atoms with Gasteiger partial charge in [-0.25, -0.2) is 0 Å². The molecular formula is C14H23ClN2O3. The molecule has 0 aromatic heterocycles. The molecule has 114 valence electrons. The lowest BCUT2D eigenvalue weighted by molar-refractivity contribution is 0.0641. The number of rotatable bonds is 6. The highest BCUT2D eigenvalue weighted by Crippen LogP contribution is 2.17. The minimum Gasteiger partial charge on any atom is -0.497 e. The second-order valence-electron chi connectivity index (χ2n) is 4.69. The van der Waals surface area contributed by atoms with Gasteiger partial charge in [-0.15, -0.1) is 12.4 Å². The fourth-order valence-corrected chi connectivity index (χ4v) is 2.11. The number of ether oxygens (including phenoxy) is 2. The Balaban J connectivity index is 0.00000200. The number of halogens is 1. The Morgan fingerprint density at radius 3 is 2.40 bits per heavy atom. The van der Waals surface area contributed by atoms with Crippen LogP contribution in [0.15, 0.2) is 24.3 Å². The molecule has 1 aliphatic rings. The summed E-state index contributed by atoms with van der Waals surface area (Å²) in [5.74, 6) is 1.55. The fourth-order valence-electron chi connectivity index (χ4n) is 2.11. The van der Waals surface area contributed by atoms with Crippen molar-refractivity contribution in [3.8, 4) is 11.5 Å². The fraction of sp³-hybridized carbons (Fsp3) is 0.571. The van der Waals surface area contributed by atoms with E-state index in [-0.39, 0.29) is 12.4 Å². The second-order valence-corrected chi connectivity index (χ2v) is 4.69. The monoisotopic (exact) mass is 302 g/mol. The molecular weight excluding hydrogens is 280 g/mol. The van der Waals surface area contributed by atoms with Crippen LogP contribution in [0.3, 0.4) is 0 Å². The van der Waals surface area contributed by atoms with Gasteiger partial charge in [-0.1, -0.05) is 0 Å². The predicted molar refractivity (Wildman–Crippen MR) is 81.1 cm³/mol. The maximum Gasteiger partial charge on any atom is 0.119 e. The molecule has 0 spiro atoms. The van der Waals surface area contributed by atoms with E-state index in [0.717, 1.165) is 37.7 Å². The lowest BCUT2D eigenvalue weighted by Crippen LogP contribution is -2.47. The van der Waals surface area contributed by atoms with Crippen LogP contribution >= 0.6 is 12.4 Å². The summed E-state index contributed by atoms with van der Waals surface area (Å²) in [7, 11) is 1.63. The first-order valence-electron chi connectivity index (χ1n) is 6.66. The van der Waals surface area contributed by atoms with E-state index in [0.29, 0.717) is 13.2 Å². The Morgan fingerprint density at radius 1 is 1.20 bits per heavy atom. The summed E-state index contributed by atoms with van der Waals surface area (Å²) < 4.78 is 10.6. The van der Waals surface area contributed by atoms with Crippen molar-refractivity contribution < 1.29 is 14.6 Å². The van der Waals surface area contributed by atoms with Crippen LogP contribution in [0.5, 0.6) is 11.5 Å². The smallest absolute Gasteiger partial charge is 0.119 e. The third-order valence-electron chi connectivity index (χ3n) is 3.18. The quantitative estimate of drug-likeness (QED) is 0.813. The van der Waals surface area contributed by atoms with Crippen molar-refractivity contribution >= 4 is 12.4 Å². The molecule has 2 rings (SSSR count). The summed E-state index contributed by atoms with van der Waals surface area (Å²) >= 11 is 0. The van der Waals surface area contributed by atoms with Gasteiger partial charge in [-0.3, -0.25) is 4.90 Å². The molecule has 6 heteroatoms. The molecule has 1 saturated heterocycles. The maximum absolute atomic E-state index is 9.95. The van der Waals surface area contributed by atoms with E-state index in [1.54, 1.807) is 7.11 Å². The van der Waals surface area contributed by atoms with E-state index in [2.05, 4.69) is 10.2 Å². The van der Waals surface area contributed by atoms with Gasteiger partial charge in [0.05, 0.1) is 7.11 Å². The van der Waals surface area contributed by atoms with Crippen molar-refractivity contribution in [2.24, 2.45) is 0 Å². The first kappa shape index (κ1) is 17.0. The number of β-amino-alcohol motifs (C(OH)–C–C–N with tert-alkyl or cyclic N) is 1. The zero-order valence-electron chi connectivity index (χ0n) is 11.7. The normalized spacial score (nSPS) is 17.1. The third-order valence-corrected chi connectivity index (χ3v) is 3.18. The predicted octanol–water partition coefficient (Wildman–Crippen LogP) is 0.762.